The average Bonchev–Trinajstić information content (AvgIpc) is 2.61. The van der Waals surface area contributed by atoms with Gasteiger partial charge in [0.05, 0.1) is 18.5 Å². The first-order valence-electron chi connectivity index (χ1n) is 7.56. The van der Waals surface area contributed by atoms with Gasteiger partial charge in [0.2, 0.25) is 0 Å². The summed E-state index contributed by atoms with van der Waals surface area (Å²) in [5.41, 5.74) is 1.59. The Labute approximate surface area is 158 Å². The van der Waals surface area contributed by atoms with Gasteiger partial charge in [0.15, 0.2) is 11.5 Å². The average molecular weight is 409 g/mol. The highest BCUT2D eigenvalue weighted by Gasteiger charge is 2.19. The molecule has 0 amide bonds. The van der Waals surface area contributed by atoms with E-state index in [0.29, 0.717) is 22.0 Å². The van der Waals surface area contributed by atoms with Crippen LogP contribution in [0.25, 0.3) is 22.5 Å². The lowest BCUT2D eigenvalue weighted by atomic mass is 10.1. The molecule has 0 aliphatic carbocycles. The highest BCUT2D eigenvalue weighted by molar-refractivity contribution is 7.46. The summed E-state index contributed by atoms with van der Waals surface area (Å²) in [6, 6.07) is 12.9. The lowest BCUT2D eigenvalue weighted by Gasteiger charge is -2.12. The van der Waals surface area contributed by atoms with Gasteiger partial charge in [0.25, 0.3) is 0 Å². The Balaban J connectivity index is 2.05. The van der Waals surface area contributed by atoms with E-state index in [1.165, 1.54) is 25.3 Å². The Kier molecular flexibility index (Phi) is 5.34. The summed E-state index contributed by atoms with van der Waals surface area (Å²) in [5, 5.41) is 0.570. The second kappa shape index (κ2) is 7.54. The number of nitrogens with zero attached hydrogens (tertiary/aromatic N) is 1. The van der Waals surface area contributed by atoms with E-state index >= 15 is 0 Å². The molecule has 0 fully saturated rings. The molecule has 1 heterocycles. The predicted octanol–water partition coefficient (Wildman–Crippen LogP) is 3.24. The van der Waals surface area contributed by atoms with Crippen LogP contribution in [0.5, 0.6) is 11.5 Å². The van der Waals surface area contributed by atoms with E-state index in [-0.39, 0.29) is 11.5 Å². The number of nitrogens with one attached hydrogen (secondary N) is 1. The van der Waals surface area contributed by atoms with Crippen molar-refractivity contribution in [1.29, 1.82) is 0 Å². The number of hydrogen-bond donors (Lipinski definition) is 3. The maximum atomic E-state index is 12.0. The first-order valence-corrected chi connectivity index (χ1v) is 9.47. The molecule has 3 aromatic rings. The highest BCUT2D eigenvalue weighted by Crippen LogP contribution is 2.43. The molecule has 27 heavy (non-hydrogen) atoms. The second-order valence-corrected chi connectivity index (χ2v) is 7.04. The van der Waals surface area contributed by atoms with Crippen LogP contribution in [0.4, 0.5) is 0 Å². The van der Waals surface area contributed by atoms with E-state index in [1.54, 1.807) is 30.3 Å². The Bertz CT molecular complexity index is 1080. The number of aromatic nitrogens is 2. The van der Waals surface area contributed by atoms with Crippen LogP contribution >= 0.6 is 19.4 Å². The quantitative estimate of drug-likeness (QED) is 0.554. The third-order valence-electron chi connectivity index (χ3n) is 3.58. The number of rotatable bonds is 5. The molecule has 2 aromatic carbocycles. The summed E-state index contributed by atoms with van der Waals surface area (Å²) < 4.78 is 20.7. The number of halogens is 1. The van der Waals surface area contributed by atoms with E-state index in [2.05, 4.69) is 14.5 Å². The molecule has 0 aliphatic rings. The van der Waals surface area contributed by atoms with Gasteiger partial charge in [-0.1, -0.05) is 23.7 Å². The van der Waals surface area contributed by atoms with E-state index < -0.39 is 13.5 Å². The van der Waals surface area contributed by atoms with Gasteiger partial charge in [-0.15, -0.1) is 0 Å². The van der Waals surface area contributed by atoms with Crippen molar-refractivity contribution in [2.75, 3.05) is 7.11 Å². The molecule has 0 saturated heterocycles. The zero-order valence-electron chi connectivity index (χ0n) is 13.9. The van der Waals surface area contributed by atoms with Gasteiger partial charge in [0.1, 0.15) is 0 Å². The molecule has 0 spiro atoms. The zero-order chi connectivity index (χ0) is 19.6. The van der Waals surface area contributed by atoms with Crippen molar-refractivity contribution in [3.8, 4) is 34.0 Å². The minimum atomic E-state index is -4.74. The van der Waals surface area contributed by atoms with Crippen LogP contribution in [0.15, 0.2) is 53.3 Å². The van der Waals surface area contributed by atoms with Crippen LogP contribution in [0.1, 0.15) is 0 Å². The molecule has 0 aliphatic heterocycles. The number of benzene rings is 2. The second-order valence-electron chi connectivity index (χ2n) is 5.44. The molecule has 0 atom stereocenters. The normalized spacial score (nSPS) is 11.3. The van der Waals surface area contributed by atoms with Crippen molar-refractivity contribution in [1.82, 2.24) is 9.97 Å². The van der Waals surface area contributed by atoms with Crippen molar-refractivity contribution in [3.63, 3.8) is 0 Å². The summed E-state index contributed by atoms with van der Waals surface area (Å²) >= 11 is 5.89. The first kappa shape index (κ1) is 19.1. The van der Waals surface area contributed by atoms with Gasteiger partial charge in [0, 0.05) is 10.6 Å². The third kappa shape index (κ3) is 4.75. The fraction of sp³-hybridized carbons (Fsp3) is 0.0588. The topological polar surface area (TPSA) is 122 Å². The summed E-state index contributed by atoms with van der Waals surface area (Å²) in [4.78, 5) is 36.5. The standard InChI is InChI=1S/C17H14ClN2O6P/c1-25-16-8-11(4-7-15(16)26-27(22,23)24)14-9-13(19-17(21)20-14)10-2-5-12(18)6-3-10/h2-9H,1H3,(H,19,20,21)(H2,22,23,24). The largest absolute Gasteiger partial charge is 0.524 e. The first-order chi connectivity index (χ1) is 12.7. The predicted molar refractivity (Wildman–Crippen MR) is 100.0 cm³/mol. The Morgan fingerprint density at radius 1 is 1.04 bits per heavy atom. The lowest BCUT2D eigenvalue weighted by molar-refractivity contribution is 0.276. The van der Waals surface area contributed by atoms with Crippen molar-refractivity contribution in [2.24, 2.45) is 0 Å². The van der Waals surface area contributed by atoms with Gasteiger partial charge in [-0.2, -0.15) is 4.98 Å². The van der Waals surface area contributed by atoms with Crippen LogP contribution in [0, 0.1) is 0 Å². The summed E-state index contributed by atoms with van der Waals surface area (Å²) in [7, 11) is -3.41. The molecule has 3 N–H and O–H groups in total. The minimum absolute atomic E-state index is 0.0888. The van der Waals surface area contributed by atoms with E-state index in [9.17, 15) is 9.36 Å². The number of H-pyrrole nitrogens is 1. The van der Waals surface area contributed by atoms with Crippen LogP contribution in [0.2, 0.25) is 5.02 Å². The number of hydrogen-bond acceptors (Lipinski definition) is 5. The molecule has 3 rings (SSSR count). The Morgan fingerprint density at radius 2 is 1.70 bits per heavy atom. The molecule has 8 nitrogen and oxygen atoms in total. The fourth-order valence-electron chi connectivity index (χ4n) is 2.42. The summed E-state index contributed by atoms with van der Waals surface area (Å²) in [5.74, 6) is -0.0386. The monoisotopic (exact) mass is 408 g/mol. The molecule has 0 bridgehead atoms. The summed E-state index contributed by atoms with van der Waals surface area (Å²) in [6.07, 6.45) is 0. The van der Waals surface area contributed by atoms with Gasteiger partial charge >= 0.3 is 13.5 Å². The Morgan fingerprint density at radius 3 is 2.33 bits per heavy atom. The van der Waals surface area contributed by atoms with Gasteiger partial charge in [-0.05, 0) is 42.0 Å². The number of aromatic amines is 1. The number of phosphoric acid groups is 1. The van der Waals surface area contributed by atoms with Crippen molar-refractivity contribution >= 4 is 19.4 Å². The summed E-state index contributed by atoms with van der Waals surface area (Å²) in [6.45, 7) is 0. The molecule has 10 heteroatoms. The molecular formula is C17H14ClN2O6P. The third-order valence-corrected chi connectivity index (χ3v) is 4.26. The molecule has 0 unspecified atom stereocenters. The van der Waals surface area contributed by atoms with E-state index in [1.807, 2.05) is 0 Å². The number of phosphoric ester groups is 1. The minimum Gasteiger partial charge on any atom is -0.493 e. The van der Waals surface area contributed by atoms with Crippen LogP contribution < -0.4 is 15.0 Å². The number of methoxy groups -OCH3 is 1. The van der Waals surface area contributed by atoms with Crippen molar-refractivity contribution in [2.45, 2.75) is 0 Å². The molecular weight excluding hydrogens is 395 g/mol. The number of ether oxygens (including phenoxy) is 1. The smallest absolute Gasteiger partial charge is 0.493 e. The van der Waals surface area contributed by atoms with Crippen molar-refractivity contribution < 1.29 is 23.6 Å². The van der Waals surface area contributed by atoms with Crippen LogP contribution in [-0.2, 0) is 4.57 Å². The SMILES string of the molecule is COc1cc(-c2cc(-c3ccc(Cl)cc3)[nH]c(=O)n2)ccc1OP(=O)(O)O. The van der Waals surface area contributed by atoms with Gasteiger partial charge in [-0.3, -0.25) is 9.79 Å². The molecule has 0 radical (unpaired) electrons. The van der Waals surface area contributed by atoms with Crippen molar-refractivity contribution in [3.05, 3.63) is 64.0 Å². The fourth-order valence-corrected chi connectivity index (χ4v) is 2.95. The van der Waals surface area contributed by atoms with Crippen LogP contribution in [0.3, 0.4) is 0 Å². The molecule has 0 saturated carbocycles. The van der Waals surface area contributed by atoms with E-state index in [4.69, 9.17) is 26.1 Å². The maximum absolute atomic E-state index is 12.0. The van der Waals surface area contributed by atoms with Crippen LogP contribution in [-0.4, -0.2) is 26.9 Å². The molecule has 1 aromatic heterocycles. The van der Waals surface area contributed by atoms with Gasteiger partial charge < -0.3 is 14.2 Å². The highest BCUT2D eigenvalue weighted by atomic mass is 35.5. The maximum Gasteiger partial charge on any atom is 0.524 e. The Hall–Kier alpha value is -2.64. The van der Waals surface area contributed by atoms with E-state index in [0.717, 1.165) is 5.56 Å². The molecule has 140 valence electrons. The zero-order valence-corrected chi connectivity index (χ0v) is 15.6. The van der Waals surface area contributed by atoms with Gasteiger partial charge in [-0.25, -0.2) is 9.36 Å². The lowest BCUT2D eigenvalue weighted by Crippen LogP contribution is -2.12.